The second-order valence-electron chi connectivity index (χ2n) is 9.90. The summed E-state index contributed by atoms with van der Waals surface area (Å²) in [4.78, 5) is 51.1. The molecule has 1 aliphatic heterocycles. The summed E-state index contributed by atoms with van der Waals surface area (Å²) < 4.78 is 25.3. The number of hydrogen-bond acceptors (Lipinski definition) is 9. The number of nitrogens with two attached hydrogens (primary N) is 1. The predicted molar refractivity (Wildman–Crippen MR) is 158 cm³/mol. The molecule has 0 bridgehead atoms. The number of ether oxygens (including phenoxy) is 2. The second-order valence-corrected chi connectivity index (χ2v) is 10.7. The maximum atomic E-state index is 15.3. The number of hydrogen-bond donors (Lipinski definition) is 3. The second kappa shape index (κ2) is 12.9. The summed E-state index contributed by atoms with van der Waals surface area (Å²) in [6.07, 6.45) is -0.505. The van der Waals surface area contributed by atoms with E-state index in [0.717, 1.165) is 0 Å². The molecule has 14 heteroatoms. The van der Waals surface area contributed by atoms with Crippen LogP contribution in [0.2, 0.25) is 10.0 Å². The van der Waals surface area contributed by atoms with Crippen LogP contribution in [0, 0.1) is 22.9 Å². The first kappa shape index (κ1) is 31.7. The number of anilines is 2. The summed E-state index contributed by atoms with van der Waals surface area (Å²) in [6.45, 7) is 1.73. The maximum Gasteiger partial charge on any atom is 0.341 e. The Labute approximate surface area is 255 Å². The number of nitrogen functional groups attached to an aromatic ring is 1. The van der Waals surface area contributed by atoms with Gasteiger partial charge in [-0.3, -0.25) is 25.0 Å². The van der Waals surface area contributed by atoms with E-state index in [4.69, 9.17) is 38.4 Å². The highest BCUT2D eigenvalue weighted by Gasteiger charge is 2.55. The zero-order chi connectivity index (χ0) is 31.6. The molecule has 43 heavy (non-hydrogen) atoms. The number of nitrogens with zero attached hydrogens (tertiary/aromatic N) is 1. The number of aryl methyl sites for hydroxylation is 1. The fourth-order valence-corrected chi connectivity index (χ4v) is 5.60. The van der Waals surface area contributed by atoms with Crippen LogP contribution in [0.1, 0.15) is 44.2 Å². The lowest BCUT2D eigenvalue weighted by molar-refractivity contribution is -0.526. The molecule has 3 aromatic rings. The number of rotatable bonds is 9. The minimum absolute atomic E-state index is 0.00243. The molecular weight excluding hydrogens is 606 g/mol. The zero-order valence-corrected chi connectivity index (χ0v) is 24.7. The summed E-state index contributed by atoms with van der Waals surface area (Å²) in [5.74, 6) is -4.38. The molecule has 0 unspecified atom stereocenters. The monoisotopic (exact) mass is 632 g/mol. The van der Waals surface area contributed by atoms with Gasteiger partial charge in [0.15, 0.2) is 5.78 Å². The summed E-state index contributed by atoms with van der Waals surface area (Å²) in [5.41, 5.74) is 6.74. The van der Waals surface area contributed by atoms with Crippen molar-refractivity contribution in [3.63, 3.8) is 0 Å². The molecule has 226 valence electrons. The lowest BCUT2D eigenvalue weighted by atomic mass is 9.84. The molecule has 1 fully saturated rings. The van der Waals surface area contributed by atoms with Crippen molar-refractivity contribution < 1.29 is 33.2 Å². The van der Waals surface area contributed by atoms with Crippen LogP contribution in [0.25, 0.3) is 0 Å². The Kier molecular flexibility index (Phi) is 9.53. The zero-order valence-electron chi connectivity index (χ0n) is 23.2. The fraction of sp³-hybridized carbons (Fsp3) is 0.276. The van der Waals surface area contributed by atoms with Crippen molar-refractivity contribution in [1.82, 2.24) is 5.32 Å². The smallest absolute Gasteiger partial charge is 0.341 e. The Bertz CT molecular complexity index is 1620. The molecule has 3 aromatic carbocycles. The van der Waals surface area contributed by atoms with Crippen LogP contribution in [-0.2, 0) is 9.53 Å². The molecule has 1 heterocycles. The number of amides is 1. The van der Waals surface area contributed by atoms with E-state index in [0.29, 0.717) is 16.3 Å². The Morgan fingerprint density at radius 1 is 1.12 bits per heavy atom. The van der Waals surface area contributed by atoms with Crippen LogP contribution >= 0.6 is 23.2 Å². The van der Waals surface area contributed by atoms with Crippen LogP contribution in [0.15, 0.2) is 48.5 Å². The number of nitro groups is 1. The third-order valence-electron chi connectivity index (χ3n) is 7.34. The molecule has 1 amide bonds. The van der Waals surface area contributed by atoms with E-state index in [9.17, 15) is 24.5 Å². The van der Waals surface area contributed by atoms with Gasteiger partial charge in [0.05, 0.1) is 31.2 Å². The van der Waals surface area contributed by atoms with Crippen molar-refractivity contribution >= 4 is 52.2 Å². The summed E-state index contributed by atoms with van der Waals surface area (Å²) in [6, 6.07) is 7.05. The van der Waals surface area contributed by atoms with E-state index in [1.807, 2.05) is 0 Å². The van der Waals surface area contributed by atoms with Crippen LogP contribution in [0.5, 0.6) is 5.75 Å². The van der Waals surface area contributed by atoms with Crippen LogP contribution in [0.4, 0.5) is 15.8 Å². The quantitative estimate of drug-likeness (QED) is 0.0988. The minimum atomic E-state index is -1.63. The lowest BCUT2D eigenvalue weighted by Crippen LogP contribution is -2.42. The third-order valence-corrected chi connectivity index (χ3v) is 7.87. The first-order valence-electron chi connectivity index (χ1n) is 12.9. The van der Waals surface area contributed by atoms with Gasteiger partial charge in [0.25, 0.3) is 0 Å². The van der Waals surface area contributed by atoms with E-state index in [2.05, 4.69) is 10.6 Å². The number of carbonyl (C=O) groups excluding carboxylic acids is 3. The molecular formula is C29H27Cl2FN4O7. The number of ketones is 1. The maximum absolute atomic E-state index is 15.3. The van der Waals surface area contributed by atoms with Gasteiger partial charge in [-0.25, -0.2) is 9.18 Å². The molecule has 0 aromatic heterocycles. The fourth-order valence-electron chi connectivity index (χ4n) is 5.24. The predicted octanol–water partition coefficient (Wildman–Crippen LogP) is 4.80. The normalized spacial score (nSPS) is 19.5. The van der Waals surface area contributed by atoms with Gasteiger partial charge >= 0.3 is 5.97 Å². The van der Waals surface area contributed by atoms with Gasteiger partial charge in [0.1, 0.15) is 23.2 Å². The average molecular weight is 633 g/mol. The van der Waals surface area contributed by atoms with E-state index in [1.165, 1.54) is 50.6 Å². The summed E-state index contributed by atoms with van der Waals surface area (Å²) >= 11 is 12.1. The number of Topliss-reactive ketones (excluding diaryl/α,β-unsaturated/α-hetero) is 1. The molecule has 1 saturated heterocycles. The van der Waals surface area contributed by atoms with Crippen LogP contribution in [0.3, 0.4) is 0 Å². The van der Waals surface area contributed by atoms with E-state index in [1.54, 1.807) is 19.1 Å². The molecule has 4 N–H and O–H groups in total. The number of esters is 1. The number of methoxy groups -OCH3 is 2. The highest BCUT2D eigenvalue weighted by atomic mass is 35.5. The molecule has 0 radical (unpaired) electrons. The highest BCUT2D eigenvalue weighted by Crippen LogP contribution is 2.39. The Morgan fingerprint density at radius 2 is 1.84 bits per heavy atom. The van der Waals surface area contributed by atoms with Gasteiger partial charge in [-0.05, 0) is 42.8 Å². The molecule has 4 rings (SSSR count). The van der Waals surface area contributed by atoms with E-state index in [-0.39, 0.29) is 33.1 Å². The average Bonchev–Trinajstić information content (AvgIpc) is 3.34. The number of halogens is 3. The van der Waals surface area contributed by atoms with Crippen molar-refractivity contribution in [1.29, 1.82) is 0 Å². The van der Waals surface area contributed by atoms with Gasteiger partial charge in [-0.1, -0.05) is 41.4 Å². The molecule has 0 spiro atoms. The third kappa shape index (κ3) is 6.41. The Morgan fingerprint density at radius 3 is 2.49 bits per heavy atom. The van der Waals surface area contributed by atoms with Gasteiger partial charge in [-0.2, -0.15) is 0 Å². The van der Waals surface area contributed by atoms with Gasteiger partial charge in [0, 0.05) is 38.9 Å². The van der Waals surface area contributed by atoms with Crippen molar-refractivity contribution in [3.8, 4) is 5.75 Å². The van der Waals surface area contributed by atoms with E-state index >= 15 is 4.39 Å². The largest absolute Gasteiger partial charge is 0.496 e. The van der Waals surface area contributed by atoms with Crippen molar-refractivity contribution in [2.75, 3.05) is 25.3 Å². The number of benzene rings is 3. The summed E-state index contributed by atoms with van der Waals surface area (Å²) in [5, 5.41) is 18.2. The number of carbonyl (C=O) groups is 3. The Balaban J connectivity index is 1.74. The number of nitrogens with one attached hydrogen (secondary N) is 2. The minimum Gasteiger partial charge on any atom is -0.496 e. The molecule has 0 saturated carbocycles. The topological polar surface area (TPSA) is 163 Å². The van der Waals surface area contributed by atoms with Crippen molar-refractivity contribution in [2.45, 2.75) is 37.4 Å². The molecule has 0 aliphatic carbocycles. The molecule has 4 atom stereocenters. The first-order valence-corrected chi connectivity index (χ1v) is 13.6. The standard InChI is InChI=1S/C29H27Cl2FN4O7/c1-13-7-8-14(30)9-20(13)35-28(38)26-24(15-5-4-6-18(31)25(15)32)27(36(40)41)21(34-26)12-22(37)16-11-23(42-2)17(10-19(16)33)29(39)43-3/h4-11,21,24,26-27,34H,12,33H2,1-3H3,(H,35,38)/t21-,24+,26+,27+/m0/s1. The van der Waals surface area contributed by atoms with Gasteiger partial charge in [-0.15, -0.1) is 0 Å². The highest BCUT2D eigenvalue weighted by molar-refractivity contribution is 6.31. The van der Waals surface area contributed by atoms with E-state index < -0.39 is 58.9 Å². The molecule has 1 aliphatic rings. The molecule has 11 nitrogen and oxygen atoms in total. The van der Waals surface area contributed by atoms with Crippen LogP contribution in [-0.4, -0.2) is 54.9 Å². The first-order chi connectivity index (χ1) is 20.4. The van der Waals surface area contributed by atoms with Crippen molar-refractivity contribution in [2.24, 2.45) is 0 Å². The Hall–Kier alpha value is -4.26. The van der Waals surface area contributed by atoms with Crippen LogP contribution < -0.4 is 21.1 Å². The van der Waals surface area contributed by atoms with Gasteiger partial charge in [0.2, 0.25) is 11.9 Å². The SMILES string of the molecule is COC(=O)c1cc(N)c(C(=O)C[C@@H]2N[C@@H](C(=O)Nc3cc(Cl)ccc3C)[C@@H](c3cccc(Cl)c3F)[C@@H]2[N+](=O)[O-])cc1OC. The lowest BCUT2D eigenvalue weighted by Gasteiger charge is -2.21. The summed E-state index contributed by atoms with van der Waals surface area (Å²) in [7, 11) is 2.45. The van der Waals surface area contributed by atoms with Crippen molar-refractivity contribution in [3.05, 3.63) is 96.8 Å². The van der Waals surface area contributed by atoms with Gasteiger partial charge < -0.3 is 20.5 Å².